The Balaban J connectivity index is 1.40. The molecule has 0 saturated heterocycles. The molecule has 2 amide bonds. The molecular formula is C16H17N3O4S. The lowest BCUT2D eigenvalue weighted by Crippen LogP contribution is -2.34. The number of amidine groups is 1. The minimum Gasteiger partial charge on any atom is -0.448 e. The molecule has 1 spiro atoms. The van der Waals surface area contributed by atoms with Gasteiger partial charge in [-0.25, -0.2) is 0 Å². The first kappa shape index (κ1) is 15.3. The van der Waals surface area contributed by atoms with E-state index in [4.69, 9.17) is 15.2 Å². The van der Waals surface area contributed by atoms with Crippen molar-refractivity contribution in [3.8, 4) is 11.5 Å². The molecule has 1 fully saturated rings. The summed E-state index contributed by atoms with van der Waals surface area (Å²) in [5, 5.41) is 2.45. The fourth-order valence-electron chi connectivity index (χ4n) is 3.20. The number of carbonyl (C=O) groups excluding carboxylic acids is 2. The molecule has 3 N–H and O–H groups in total. The third-order valence-corrected chi connectivity index (χ3v) is 5.30. The Morgan fingerprint density at radius 1 is 1.33 bits per heavy atom. The summed E-state index contributed by atoms with van der Waals surface area (Å²) in [6.45, 7) is 0. The molecule has 1 atom stereocenters. The Labute approximate surface area is 143 Å². The Hall–Kier alpha value is -2.22. The number of hydrogen-bond acceptors (Lipinski definition) is 6. The normalized spacial score (nSPS) is 23.6. The van der Waals surface area contributed by atoms with Crippen LogP contribution in [0.1, 0.15) is 32.1 Å². The number of hydrogen-bond donors (Lipinski definition) is 2. The van der Waals surface area contributed by atoms with Crippen molar-refractivity contribution in [2.45, 2.75) is 43.1 Å². The Morgan fingerprint density at radius 3 is 2.79 bits per heavy atom. The highest BCUT2D eigenvalue weighted by atomic mass is 32.2. The van der Waals surface area contributed by atoms with Crippen molar-refractivity contribution in [1.29, 1.82) is 0 Å². The standard InChI is InChI=1S/C16H17N3O4S/c17-15-19-14(21)12(24-15)8-13(20)18-9-3-4-10-11(7-9)23-16(22-10)5-1-2-6-16/h3-4,7,12H,1-2,5-6,8H2,(H,18,20)(H2,17,19,21)/t12-/m0/s1. The Kier molecular flexibility index (Phi) is 3.64. The topological polar surface area (TPSA) is 103 Å². The van der Waals surface area contributed by atoms with Crippen molar-refractivity contribution in [3.63, 3.8) is 0 Å². The molecule has 2 aliphatic heterocycles. The van der Waals surface area contributed by atoms with Crippen LogP contribution in [0.3, 0.4) is 0 Å². The van der Waals surface area contributed by atoms with Gasteiger partial charge >= 0.3 is 0 Å². The van der Waals surface area contributed by atoms with Crippen LogP contribution >= 0.6 is 11.8 Å². The molecule has 126 valence electrons. The van der Waals surface area contributed by atoms with Gasteiger partial charge in [0.25, 0.3) is 11.7 Å². The molecule has 4 rings (SSSR count). The number of anilines is 1. The van der Waals surface area contributed by atoms with Crippen LogP contribution in [0.4, 0.5) is 5.69 Å². The molecule has 0 aromatic heterocycles. The first-order valence-corrected chi connectivity index (χ1v) is 8.78. The quantitative estimate of drug-likeness (QED) is 0.867. The van der Waals surface area contributed by atoms with Crippen molar-refractivity contribution < 1.29 is 19.1 Å². The second-order valence-electron chi connectivity index (χ2n) is 6.13. The molecule has 2 heterocycles. The van der Waals surface area contributed by atoms with Gasteiger partial charge in [0.2, 0.25) is 5.91 Å². The summed E-state index contributed by atoms with van der Waals surface area (Å²) >= 11 is 1.12. The second-order valence-corrected chi connectivity index (χ2v) is 7.35. The van der Waals surface area contributed by atoms with Crippen LogP contribution in [-0.4, -0.2) is 28.0 Å². The average molecular weight is 347 g/mol. The van der Waals surface area contributed by atoms with Gasteiger partial charge in [-0.1, -0.05) is 11.8 Å². The van der Waals surface area contributed by atoms with E-state index < -0.39 is 11.0 Å². The molecule has 24 heavy (non-hydrogen) atoms. The summed E-state index contributed by atoms with van der Waals surface area (Å²) in [5.41, 5.74) is 6.10. The molecule has 3 aliphatic rings. The average Bonchev–Trinajstić information content (AvgIpc) is 3.19. The summed E-state index contributed by atoms with van der Waals surface area (Å²) < 4.78 is 11.9. The summed E-state index contributed by atoms with van der Waals surface area (Å²) in [6.07, 6.45) is 3.98. The number of benzene rings is 1. The van der Waals surface area contributed by atoms with E-state index in [9.17, 15) is 9.59 Å². The Morgan fingerprint density at radius 2 is 2.08 bits per heavy atom. The highest BCUT2D eigenvalue weighted by Gasteiger charge is 2.44. The first-order valence-electron chi connectivity index (χ1n) is 7.90. The predicted molar refractivity (Wildman–Crippen MR) is 90.2 cm³/mol. The molecule has 7 nitrogen and oxygen atoms in total. The molecule has 0 unspecified atom stereocenters. The summed E-state index contributed by atoms with van der Waals surface area (Å²) in [4.78, 5) is 27.3. The van der Waals surface area contributed by atoms with Gasteiger partial charge in [0, 0.05) is 31.0 Å². The van der Waals surface area contributed by atoms with Gasteiger partial charge in [-0.05, 0) is 25.0 Å². The maximum atomic E-state index is 12.1. The molecule has 1 aromatic rings. The summed E-state index contributed by atoms with van der Waals surface area (Å²) in [7, 11) is 0. The van der Waals surface area contributed by atoms with Gasteiger partial charge < -0.3 is 20.5 Å². The number of ether oxygens (including phenoxy) is 2. The zero-order chi connectivity index (χ0) is 16.7. The van der Waals surface area contributed by atoms with E-state index in [1.165, 1.54) is 0 Å². The van der Waals surface area contributed by atoms with Crippen LogP contribution < -0.4 is 20.5 Å². The van der Waals surface area contributed by atoms with Gasteiger partial charge in [0.15, 0.2) is 16.7 Å². The second kappa shape index (κ2) is 5.70. The van der Waals surface area contributed by atoms with Crippen LogP contribution in [-0.2, 0) is 9.59 Å². The van der Waals surface area contributed by atoms with Crippen molar-refractivity contribution in [2.75, 3.05) is 5.32 Å². The van der Waals surface area contributed by atoms with Crippen LogP contribution in [0, 0.1) is 0 Å². The largest absolute Gasteiger partial charge is 0.448 e. The van der Waals surface area contributed by atoms with E-state index in [0.717, 1.165) is 37.4 Å². The minimum absolute atomic E-state index is 0.0338. The van der Waals surface area contributed by atoms with Crippen LogP contribution in [0.5, 0.6) is 11.5 Å². The summed E-state index contributed by atoms with van der Waals surface area (Å²) in [5.74, 6) is 0.208. The highest BCUT2D eigenvalue weighted by Crippen LogP contribution is 2.47. The molecule has 1 saturated carbocycles. The van der Waals surface area contributed by atoms with Crippen molar-refractivity contribution in [2.24, 2.45) is 10.7 Å². The zero-order valence-electron chi connectivity index (χ0n) is 12.9. The number of rotatable bonds is 3. The number of nitrogens with one attached hydrogen (secondary N) is 1. The molecule has 1 aliphatic carbocycles. The number of amides is 2. The lowest BCUT2D eigenvalue weighted by Gasteiger charge is -2.21. The highest BCUT2D eigenvalue weighted by molar-refractivity contribution is 8.15. The third kappa shape index (κ3) is 2.82. The number of nitrogens with zero attached hydrogens (tertiary/aromatic N) is 1. The van der Waals surface area contributed by atoms with Crippen molar-refractivity contribution >= 4 is 34.4 Å². The van der Waals surface area contributed by atoms with E-state index in [1.807, 2.05) is 0 Å². The monoisotopic (exact) mass is 347 g/mol. The lowest BCUT2D eigenvalue weighted by atomic mass is 10.2. The van der Waals surface area contributed by atoms with Crippen molar-refractivity contribution in [1.82, 2.24) is 0 Å². The van der Waals surface area contributed by atoms with Gasteiger partial charge in [-0.3, -0.25) is 9.59 Å². The molecular weight excluding hydrogens is 330 g/mol. The SMILES string of the molecule is NC1=NC(=O)[C@H](CC(=O)Nc2ccc3c(c2)OC2(CCCC2)O3)S1. The number of carbonyl (C=O) groups is 2. The number of aliphatic imine (C=N–C) groups is 1. The van der Waals surface area contributed by atoms with E-state index in [2.05, 4.69) is 10.3 Å². The third-order valence-electron chi connectivity index (χ3n) is 4.31. The lowest BCUT2D eigenvalue weighted by molar-refractivity contribution is -0.121. The van der Waals surface area contributed by atoms with E-state index in [0.29, 0.717) is 17.2 Å². The minimum atomic E-state index is -0.541. The molecule has 0 radical (unpaired) electrons. The predicted octanol–water partition coefficient (Wildman–Crippen LogP) is 2.01. The van der Waals surface area contributed by atoms with Crippen LogP contribution in [0.25, 0.3) is 0 Å². The molecule has 8 heteroatoms. The smallest absolute Gasteiger partial charge is 0.262 e. The zero-order valence-corrected chi connectivity index (χ0v) is 13.7. The van der Waals surface area contributed by atoms with Gasteiger partial charge in [0.05, 0.1) is 0 Å². The van der Waals surface area contributed by atoms with E-state index >= 15 is 0 Å². The van der Waals surface area contributed by atoms with Gasteiger partial charge in [-0.15, -0.1) is 0 Å². The van der Waals surface area contributed by atoms with Crippen LogP contribution in [0.15, 0.2) is 23.2 Å². The number of fused-ring (bicyclic) bond motifs is 1. The summed E-state index contributed by atoms with van der Waals surface area (Å²) in [6, 6.07) is 5.33. The number of nitrogens with two attached hydrogens (primary N) is 1. The van der Waals surface area contributed by atoms with Gasteiger partial charge in [-0.2, -0.15) is 4.99 Å². The van der Waals surface area contributed by atoms with Crippen molar-refractivity contribution in [3.05, 3.63) is 18.2 Å². The fourth-order valence-corrected chi connectivity index (χ4v) is 4.02. The Bertz CT molecular complexity index is 743. The van der Waals surface area contributed by atoms with E-state index in [-0.39, 0.29) is 23.4 Å². The van der Waals surface area contributed by atoms with E-state index in [1.54, 1.807) is 18.2 Å². The maximum Gasteiger partial charge on any atom is 0.262 e. The van der Waals surface area contributed by atoms with Gasteiger partial charge in [0.1, 0.15) is 5.25 Å². The fraction of sp³-hybridized carbons (Fsp3) is 0.438. The number of thioether (sulfide) groups is 1. The first-order chi connectivity index (χ1) is 11.5. The molecule has 0 bridgehead atoms. The van der Waals surface area contributed by atoms with Crippen LogP contribution in [0.2, 0.25) is 0 Å². The molecule has 1 aromatic carbocycles. The maximum absolute atomic E-state index is 12.1.